The van der Waals surface area contributed by atoms with Crippen LogP contribution < -0.4 is 0 Å². The average Bonchev–Trinajstić information content (AvgIpc) is 3.84. The summed E-state index contributed by atoms with van der Waals surface area (Å²) in [6.07, 6.45) is 7.66. The number of nitrogens with zero attached hydrogens (tertiary/aromatic N) is 4. The molecule has 4 amide bonds. The molecule has 2 aliphatic carbocycles. The van der Waals surface area contributed by atoms with Gasteiger partial charge in [-0.1, -0.05) is 12.2 Å². The molecule has 0 aromatic heterocycles. The Balaban J connectivity index is 2.07. The van der Waals surface area contributed by atoms with Crippen LogP contribution >= 0.6 is 0 Å². The summed E-state index contributed by atoms with van der Waals surface area (Å²) in [6, 6.07) is 0. The first-order valence-corrected chi connectivity index (χ1v) is 18.5. The Kier molecular flexibility index (Phi) is 15.8. The van der Waals surface area contributed by atoms with Crippen LogP contribution in [-0.4, -0.2) is 119 Å². The van der Waals surface area contributed by atoms with Crippen molar-refractivity contribution in [3.05, 3.63) is 12.2 Å². The Labute approximate surface area is 302 Å². The molecule has 0 aliphatic heterocycles. The lowest BCUT2D eigenvalue weighted by Gasteiger charge is -2.30. The maximum atomic E-state index is 13.2. The van der Waals surface area contributed by atoms with E-state index in [9.17, 15) is 19.2 Å². The number of carbonyl (C=O) groups is 4. The Morgan fingerprint density at radius 3 is 0.940 bits per heavy atom. The van der Waals surface area contributed by atoms with E-state index in [2.05, 4.69) is 0 Å². The highest BCUT2D eigenvalue weighted by Gasteiger charge is 2.31. The topological polar surface area (TPSA) is 118 Å². The lowest BCUT2D eigenvalue weighted by atomic mass is 10.2. The van der Waals surface area contributed by atoms with Crippen LogP contribution in [0.5, 0.6) is 0 Å². The van der Waals surface area contributed by atoms with Crippen molar-refractivity contribution >= 4 is 24.4 Å². The van der Waals surface area contributed by atoms with E-state index in [1.165, 1.54) is 0 Å². The minimum absolute atomic E-state index is 0.264. The van der Waals surface area contributed by atoms with Crippen LogP contribution in [0, 0.1) is 11.8 Å². The van der Waals surface area contributed by atoms with Gasteiger partial charge in [-0.2, -0.15) is 0 Å². The van der Waals surface area contributed by atoms with E-state index in [4.69, 9.17) is 18.9 Å². The highest BCUT2D eigenvalue weighted by atomic mass is 16.6. The smallest absolute Gasteiger partial charge is 0.410 e. The summed E-state index contributed by atoms with van der Waals surface area (Å²) >= 11 is 0. The first-order valence-electron chi connectivity index (χ1n) is 18.5. The summed E-state index contributed by atoms with van der Waals surface area (Å²) < 4.78 is 22.7. The van der Waals surface area contributed by atoms with Crippen LogP contribution in [0.15, 0.2) is 12.2 Å². The van der Waals surface area contributed by atoms with Gasteiger partial charge in [0.1, 0.15) is 22.4 Å². The van der Waals surface area contributed by atoms with Gasteiger partial charge in [-0.15, -0.1) is 0 Å². The number of rotatable bonds is 16. The van der Waals surface area contributed by atoms with Crippen LogP contribution in [0.4, 0.5) is 19.2 Å². The molecular formula is C38H68N4O8. The molecule has 288 valence electrons. The summed E-state index contributed by atoms with van der Waals surface area (Å²) in [7, 11) is 0. The Hall–Kier alpha value is -3.18. The molecule has 0 spiro atoms. The second-order valence-electron chi connectivity index (χ2n) is 17.8. The minimum Gasteiger partial charge on any atom is -0.444 e. The molecule has 0 bridgehead atoms. The molecule has 0 aromatic carbocycles. The van der Waals surface area contributed by atoms with E-state index >= 15 is 0 Å². The fraction of sp³-hybridized carbons (Fsp3) is 0.842. The maximum Gasteiger partial charge on any atom is 0.410 e. The van der Waals surface area contributed by atoms with Crippen molar-refractivity contribution in [3.63, 3.8) is 0 Å². The first-order chi connectivity index (χ1) is 22.9. The summed E-state index contributed by atoms with van der Waals surface area (Å²) in [6.45, 7) is 25.6. The van der Waals surface area contributed by atoms with E-state index < -0.39 is 34.6 Å². The van der Waals surface area contributed by atoms with Crippen molar-refractivity contribution in [1.82, 2.24) is 19.6 Å². The zero-order valence-corrected chi connectivity index (χ0v) is 33.3. The second-order valence-corrected chi connectivity index (χ2v) is 17.8. The van der Waals surface area contributed by atoms with Gasteiger partial charge in [0.15, 0.2) is 0 Å². The number of hydrogen-bond donors (Lipinski definition) is 0. The standard InChI is InChI=1S/C38H68N4O8/c1-35(2,3)47-31(43)39(23-15-25-41(27-29-17-18-29)33(45)49-37(7,8)9)21-13-14-22-40(32(44)48-36(4,5)6)24-16-26-42(28-30-19-20-30)34(46)50-38(10,11)12/h13-14,29-30H,15-28H2,1-12H3/b14-13+. The van der Waals surface area contributed by atoms with Crippen molar-refractivity contribution < 1.29 is 38.1 Å². The van der Waals surface area contributed by atoms with E-state index in [1.807, 2.05) is 95.2 Å². The van der Waals surface area contributed by atoms with Crippen molar-refractivity contribution in [2.24, 2.45) is 11.8 Å². The lowest BCUT2D eigenvalue weighted by Crippen LogP contribution is -2.42. The van der Waals surface area contributed by atoms with Gasteiger partial charge in [0.25, 0.3) is 0 Å². The normalized spacial score (nSPS) is 15.4. The van der Waals surface area contributed by atoms with Gasteiger partial charge < -0.3 is 38.5 Å². The molecule has 0 radical (unpaired) electrons. The zero-order chi connectivity index (χ0) is 37.9. The predicted octanol–water partition coefficient (Wildman–Crippen LogP) is 8.09. The quantitative estimate of drug-likeness (QED) is 0.117. The van der Waals surface area contributed by atoms with Crippen LogP contribution in [-0.2, 0) is 18.9 Å². The van der Waals surface area contributed by atoms with Crippen LogP contribution in [0.1, 0.15) is 122 Å². The monoisotopic (exact) mass is 709 g/mol. The Morgan fingerprint density at radius 1 is 0.460 bits per heavy atom. The molecule has 0 saturated heterocycles. The molecule has 12 nitrogen and oxygen atoms in total. The minimum atomic E-state index is -0.673. The summed E-state index contributed by atoms with van der Waals surface area (Å²) in [5.74, 6) is 0.998. The van der Waals surface area contributed by atoms with Crippen LogP contribution in [0.2, 0.25) is 0 Å². The summed E-state index contributed by atoms with van der Waals surface area (Å²) in [4.78, 5) is 58.9. The molecule has 2 fully saturated rings. The van der Waals surface area contributed by atoms with Gasteiger partial charge in [-0.05, 0) is 133 Å². The molecule has 0 N–H and O–H groups in total. The zero-order valence-electron chi connectivity index (χ0n) is 33.3. The van der Waals surface area contributed by atoms with Crippen molar-refractivity contribution in [3.8, 4) is 0 Å². The van der Waals surface area contributed by atoms with E-state index in [1.54, 1.807) is 19.6 Å². The summed E-state index contributed by atoms with van der Waals surface area (Å²) in [5, 5.41) is 0. The van der Waals surface area contributed by atoms with Crippen molar-refractivity contribution in [1.29, 1.82) is 0 Å². The number of ether oxygens (including phenoxy) is 4. The first kappa shape index (κ1) is 43.0. The third-order valence-corrected chi connectivity index (χ3v) is 7.49. The molecule has 2 aliphatic rings. The van der Waals surface area contributed by atoms with E-state index in [0.717, 1.165) is 25.7 Å². The van der Waals surface area contributed by atoms with Crippen LogP contribution in [0.3, 0.4) is 0 Å². The van der Waals surface area contributed by atoms with Gasteiger partial charge in [0.2, 0.25) is 0 Å². The van der Waals surface area contributed by atoms with Crippen molar-refractivity contribution in [2.75, 3.05) is 52.4 Å². The van der Waals surface area contributed by atoms with Gasteiger partial charge in [0, 0.05) is 52.4 Å². The fourth-order valence-corrected chi connectivity index (χ4v) is 4.87. The lowest BCUT2D eigenvalue weighted by molar-refractivity contribution is 0.0187. The van der Waals surface area contributed by atoms with Crippen LogP contribution in [0.25, 0.3) is 0 Å². The molecule has 0 unspecified atom stereocenters. The highest BCUT2D eigenvalue weighted by molar-refractivity contribution is 5.70. The molecule has 0 atom stereocenters. The highest BCUT2D eigenvalue weighted by Crippen LogP contribution is 2.31. The fourth-order valence-electron chi connectivity index (χ4n) is 4.87. The SMILES string of the molecule is CC(C)(C)OC(=O)N(C/C=C/CN(CCCN(CC1CC1)C(=O)OC(C)(C)C)C(=O)OC(C)(C)C)CCCN(CC1CC1)C(=O)OC(C)(C)C. The van der Waals surface area contributed by atoms with Crippen molar-refractivity contribution in [2.45, 2.75) is 144 Å². The molecule has 50 heavy (non-hydrogen) atoms. The van der Waals surface area contributed by atoms with Gasteiger partial charge in [-0.25, -0.2) is 19.2 Å². The van der Waals surface area contributed by atoms with E-state index in [-0.39, 0.29) is 25.3 Å². The second kappa shape index (κ2) is 18.4. The largest absolute Gasteiger partial charge is 0.444 e. The molecular weight excluding hydrogens is 640 g/mol. The van der Waals surface area contributed by atoms with Gasteiger partial charge in [-0.3, -0.25) is 0 Å². The summed E-state index contributed by atoms with van der Waals surface area (Å²) in [5.41, 5.74) is -2.53. The number of carbonyl (C=O) groups excluding carboxylic acids is 4. The molecule has 2 saturated carbocycles. The molecule has 0 heterocycles. The average molecular weight is 709 g/mol. The number of hydrogen-bond acceptors (Lipinski definition) is 8. The predicted molar refractivity (Wildman–Crippen MR) is 195 cm³/mol. The molecule has 2 rings (SSSR count). The Bertz CT molecular complexity index is 1050. The van der Waals surface area contributed by atoms with Gasteiger partial charge >= 0.3 is 24.4 Å². The Morgan fingerprint density at radius 2 is 0.700 bits per heavy atom. The van der Waals surface area contributed by atoms with Gasteiger partial charge in [0.05, 0.1) is 0 Å². The van der Waals surface area contributed by atoms with E-state index in [0.29, 0.717) is 63.9 Å². The number of amides is 4. The third kappa shape index (κ3) is 19.9. The maximum absolute atomic E-state index is 13.2. The molecule has 0 aromatic rings. The molecule has 12 heteroatoms. The third-order valence-electron chi connectivity index (χ3n) is 7.49.